The van der Waals surface area contributed by atoms with Gasteiger partial charge >= 0.3 is 0 Å². The van der Waals surface area contributed by atoms with E-state index in [-0.39, 0.29) is 5.82 Å². The first-order chi connectivity index (χ1) is 8.88. The monoisotopic (exact) mass is 329 g/mol. The van der Waals surface area contributed by atoms with Crippen LogP contribution in [0.15, 0.2) is 22.7 Å². The SMILES string of the molecule is CC(C)CC(CNC(C)C)Cc1ccc(F)c(Br)c1. The molecule has 0 heterocycles. The number of benzene rings is 1. The van der Waals surface area contributed by atoms with E-state index in [1.54, 1.807) is 6.07 Å². The van der Waals surface area contributed by atoms with E-state index in [1.807, 2.05) is 12.1 Å². The summed E-state index contributed by atoms with van der Waals surface area (Å²) in [5.41, 5.74) is 1.20. The van der Waals surface area contributed by atoms with Gasteiger partial charge in [0.15, 0.2) is 0 Å². The van der Waals surface area contributed by atoms with Crippen molar-refractivity contribution in [2.24, 2.45) is 11.8 Å². The van der Waals surface area contributed by atoms with Crippen LogP contribution in [0.5, 0.6) is 0 Å². The normalized spacial score (nSPS) is 13.3. The average molecular weight is 330 g/mol. The first kappa shape index (κ1) is 16.6. The van der Waals surface area contributed by atoms with Gasteiger partial charge < -0.3 is 5.32 Å². The first-order valence-electron chi connectivity index (χ1n) is 7.05. The van der Waals surface area contributed by atoms with Crippen LogP contribution in [-0.2, 0) is 6.42 Å². The lowest BCUT2D eigenvalue weighted by Gasteiger charge is -2.21. The minimum absolute atomic E-state index is 0.190. The Kier molecular flexibility index (Phi) is 7.01. The Balaban J connectivity index is 2.66. The maximum Gasteiger partial charge on any atom is 0.137 e. The highest BCUT2D eigenvalue weighted by molar-refractivity contribution is 9.10. The molecule has 0 radical (unpaired) electrons. The molecule has 0 aliphatic rings. The fraction of sp³-hybridized carbons (Fsp3) is 0.625. The highest BCUT2D eigenvalue weighted by Gasteiger charge is 2.13. The molecule has 1 nitrogen and oxygen atoms in total. The van der Waals surface area contributed by atoms with Crippen LogP contribution in [0.2, 0.25) is 0 Å². The maximum atomic E-state index is 13.2. The number of hydrogen-bond acceptors (Lipinski definition) is 1. The topological polar surface area (TPSA) is 12.0 Å². The van der Waals surface area contributed by atoms with Gasteiger partial charge in [0.1, 0.15) is 5.82 Å². The van der Waals surface area contributed by atoms with Crippen LogP contribution in [-0.4, -0.2) is 12.6 Å². The van der Waals surface area contributed by atoms with Crippen molar-refractivity contribution >= 4 is 15.9 Å². The summed E-state index contributed by atoms with van der Waals surface area (Å²) in [5, 5.41) is 3.51. The van der Waals surface area contributed by atoms with Gasteiger partial charge in [0.2, 0.25) is 0 Å². The third-order valence-corrected chi connectivity index (χ3v) is 3.74. The molecule has 1 aromatic carbocycles. The Morgan fingerprint density at radius 1 is 1.21 bits per heavy atom. The van der Waals surface area contributed by atoms with Gasteiger partial charge in [0, 0.05) is 6.04 Å². The minimum atomic E-state index is -0.190. The smallest absolute Gasteiger partial charge is 0.137 e. The minimum Gasteiger partial charge on any atom is -0.314 e. The summed E-state index contributed by atoms with van der Waals surface area (Å²) in [5.74, 6) is 1.09. The van der Waals surface area contributed by atoms with Gasteiger partial charge in [-0.15, -0.1) is 0 Å². The molecule has 108 valence electrons. The second-order valence-corrected chi connectivity index (χ2v) is 6.87. The van der Waals surface area contributed by atoms with Gasteiger partial charge in [-0.25, -0.2) is 4.39 Å². The molecule has 0 spiro atoms. The summed E-state index contributed by atoms with van der Waals surface area (Å²) in [6.07, 6.45) is 2.19. The summed E-state index contributed by atoms with van der Waals surface area (Å²) in [7, 11) is 0. The van der Waals surface area contributed by atoms with Crippen LogP contribution in [0.1, 0.15) is 39.7 Å². The summed E-state index contributed by atoms with van der Waals surface area (Å²) in [6.45, 7) is 9.86. The van der Waals surface area contributed by atoms with Gasteiger partial charge in [0.25, 0.3) is 0 Å². The molecule has 0 amide bonds. The van der Waals surface area contributed by atoms with E-state index in [1.165, 1.54) is 12.0 Å². The third kappa shape index (κ3) is 6.53. The number of halogens is 2. The van der Waals surface area contributed by atoms with E-state index >= 15 is 0 Å². The molecule has 0 aliphatic heterocycles. The zero-order valence-corrected chi connectivity index (χ0v) is 13.9. The molecular formula is C16H25BrFN. The van der Waals surface area contributed by atoms with Crippen LogP contribution >= 0.6 is 15.9 Å². The lowest BCUT2D eigenvalue weighted by Crippen LogP contribution is -2.30. The van der Waals surface area contributed by atoms with Gasteiger partial charge in [-0.1, -0.05) is 33.8 Å². The molecule has 0 saturated carbocycles. The van der Waals surface area contributed by atoms with E-state index in [0.717, 1.165) is 13.0 Å². The van der Waals surface area contributed by atoms with Crippen molar-refractivity contribution in [3.63, 3.8) is 0 Å². The van der Waals surface area contributed by atoms with Gasteiger partial charge in [-0.2, -0.15) is 0 Å². The molecule has 0 aromatic heterocycles. The molecule has 3 heteroatoms. The molecule has 0 aliphatic carbocycles. The Labute approximate surface area is 125 Å². The third-order valence-electron chi connectivity index (χ3n) is 3.13. The van der Waals surface area contributed by atoms with Gasteiger partial charge in [-0.3, -0.25) is 0 Å². The van der Waals surface area contributed by atoms with Crippen molar-refractivity contribution in [2.75, 3.05) is 6.54 Å². The maximum absolute atomic E-state index is 13.2. The van der Waals surface area contributed by atoms with Crippen molar-refractivity contribution < 1.29 is 4.39 Å². The van der Waals surface area contributed by atoms with Crippen molar-refractivity contribution in [3.05, 3.63) is 34.1 Å². The standard InChI is InChI=1S/C16H25BrFN/c1-11(2)7-14(10-19-12(3)4)8-13-5-6-16(18)15(17)9-13/h5-6,9,11-12,14,19H,7-8,10H2,1-4H3. The summed E-state index contributed by atoms with van der Waals surface area (Å²) in [6, 6.07) is 5.84. The predicted octanol–water partition coefficient (Wildman–Crippen LogP) is 4.79. The van der Waals surface area contributed by atoms with Crippen LogP contribution in [0.4, 0.5) is 4.39 Å². The van der Waals surface area contributed by atoms with E-state index in [4.69, 9.17) is 0 Å². The molecule has 1 rings (SSSR count). The van der Waals surface area contributed by atoms with E-state index < -0.39 is 0 Å². The van der Waals surface area contributed by atoms with Crippen molar-refractivity contribution in [1.29, 1.82) is 0 Å². The fourth-order valence-corrected chi connectivity index (χ4v) is 2.73. The second-order valence-electron chi connectivity index (χ2n) is 6.01. The highest BCUT2D eigenvalue weighted by atomic mass is 79.9. The predicted molar refractivity (Wildman–Crippen MR) is 83.9 cm³/mol. The largest absolute Gasteiger partial charge is 0.314 e. The van der Waals surface area contributed by atoms with Crippen molar-refractivity contribution in [3.8, 4) is 0 Å². The lowest BCUT2D eigenvalue weighted by molar-refractivity contribution is 0.373. The van der Waals surface area contributed by atoms with E-state index in [9.17, 15) is 4.39 Å². The van der Waals surface area contributed by atoms with E-state index in [2.05, 4.69) is 48.9 Å². The fourth-order valence-electron chi connectivity index (χ4n) is 2.31. The summed E-state index contributed by atoms with van der Waals surface area (Å²) >= 11 is 3.26. The Morgan fingerprint density at radius 2 is 1.89 bits per heavy atom. The molecule has 1 atom stereocenters. The number of rotatable bonds is 7. The quantitative estimate of drug-likeness (QED) is 0.758. The molecule has 1 aromatic rings. The zero-order valence-electron chi connectivity index (χ0n) is 12.3. The molecule has 0 fully saturated rings. The van der Waals surface area contributed by atoms with E-state index in [0.29, 0.717) is 22.4 Å². The average Bonchev–Trinajstić information content (AvgIpc) is 2.30. The molecule has 0 saturated heterocycles. The van der Waals surface area contributed by atoms with Gasteiger partial charge in [0.05, 0.1) is 4.47 Å². The van der Waals surface area contributed by atoms with Crippen LogP contribution in [0, 0.1) is 17.7 Å². The second kappa shape index (κ2) is 8.01. The Hall–Kier alpha value is -0.410. The van der Waals surface area contributed by atoms with Crippen LogP contribution in [0.3, 0.4) is 0 Å². The zero-order chi connectivity index (χ0) is 14.4. The Morgan fingerprint density at radius 3 is 2.42 bits per heavy atom. The van der Waals surface area contributed by atoms with Crippen molar-refractivity contribution in [1.82, 2.24) is 5.32 Å². The number of nitrogens with one attached hydrogen (secondary N) is 1. The molecule has 19 heavy (non-hydrogen) atoms. The number of hydrogen-bond donors (Lipinski definition) is 1. The van der Waals surface area contributed by atoms with Crippen molar-refractivity contribution in [2.45, 2.75) is 46.6 Å². The van der Waals surface area contributed by atoms with Gasteiger partial charge in [-0.05, 0) is 64.8 Å². The Bertz CT molecular complexity index is 390. The molecular weight excluding hydrogens is 305 g/mol. The molecule has 0 bridgehead atoms. The molecule has 1 N–H and O–H groups in total. The summed E-state index contributed by atoms with van der Waals surface area (Å²) < 4.78 is 13.8. The lowest BCUT2D eigenvalue weighted by atomic mass is 9.90. The van der Waals surface area contributed by atoms with Crippen LogP contribution < -0.4 is 5.32 Å². The highest BCUT2D eigenvalue weighted by Crippen LogP contribution is 2.21. The molecule has 1 unspecified atom stereocenters. The summed E-state index contributed by atoms with van der Waals surface area (Å²) in [4.78, 5) is 0. The first-order valence-corrected chi connectivity index (χ1v) is 7.85. The van der Waals surface area contributed by atoms with Crippen LogP contribution in [0.25, 0.3) is 0 Å².